The number of aromatic nitrogens is 8. The Morgan fingerprint density at radius 1 is 1.06 bits per heavy atom. The smallest absolute Gasteiger partial charge is 0.182 e. The molecule has 0 bridgehead atoms. The van der Waals surface area contributed by atoms with Crippen molar-refractivity contribution in [3.63, 3.8) is 0 Å². The van der Waals surface area contributed by atoms with Gasteiger partial charge in [-0.2, -0.15) is 0 Å². The summed E-state index contributed by atoms with van der Waals surface area (Å²) in [7, 11) is 0. The van der Waals surface area contributed by atoms with Crippen molar-refractivity contribution in [2.24, 2.45) is 0 Å². The van der Waals surface area contributed by atoms with Crippen LogP contribution in [-0.2, 0) is 17.7 Å². The van der Waals surface area contributed by atoms with E-state index in [0.717, 1.165) is 70.7 Å². The molecule has 0 aliphatic carbocycles. The van der Waals surface area contributed by atoms with Gasteiger partial charge in [-0.25, -0.2) is 15.0 Å². The van der Waals surface area contributed by atoms with Crippen molar-refractivity contribution in [3.8, 4) is 11.5 Å². The van der Waals surface area contributed by atoms with E-state index in [1.807, 2.05) is 48.1 Å². The minimum atomic E-state index is 0.571. The Bertz CT molecular complexity index is 1470. The Morgan fingerprint density at radius 2 is 1.94 bits per heavy atom. The molecule has 1 fully saturated rings. The molecule has 0 amide bonds. The Hall–Kier alpha value is -3.92. The molecular weight excluding hydrogens is 430 g/mol. The average Bonchev–Trinajstić information content (AvgIpc) is 3.44. The Balaban J connectivity index is 1.55. The maximum Gasteiger partial charge on any atom is 0.182 e. The van der Waals surface area contributed by atoms with Gasteiger partial charge in [0.1, 0.15) is 22.9 Å². The van der Waals surface area contributed by atoms with E-state index >= 15 is 0 Å². The van der Waals surface area contributed by atoms with E-state index in [0.29, 0.717) is 19.8 Å². The van der Waals surface area contributed by atoms with Crippen molar-refractivity contribution in [2.75, 3.05) is 31.2 Å². The zero-order chi connectivity index (χ0) is 23.1. The van der Waals surface area contributed by atoms with Crippen molar-refractivity contribution in [2.45, 2.75) is 26.8 Å². The lowest BCUT2D eigenvalue weighted by Crippen LogP contribution is -2.36. The fourth-order valence-electron chi connectivity index (χ4n) is 4.40. The minimum Gasteiger partial charge on any atom is -0.378 e. The third kappa shape index (κ3) is 3.56. The molecule has 6 heterocycles. The van der Waals surface area contributed by atoms with Crippen LogP contribution in [0.3, 0.4) is 0 Å². The summed E-state index contributed by atoms with van der Waals surface area (Å²) < 4.78 is 9.68. The van der Waals surface area contributed by atoms with E-state index < -0.39 is 0 Å². The number of anilines is 1. The van der Waals surface area contributed by atoms with Gasteiger partial charge in [-0.3, -0.25) is 9.38 Å². The van der Waals surface area contributed by atoms with Gasteiger partial charge >= 0.3 is 0 Å². The van der Waals surface area contributed by atoms with Crippen LogP contribution in [0.2, 0.25) is 0 Å². The molecule has 1 aliphatic heterocycles. The SMILES string of the molecule is CCc1nc(-c2nc3cnc(N4CCOCC4)cc3n2Cc2ccccn2)cn2c(C)nnc12. The summed E-state index contributed by atoms with van der Waals surface area (Å²) in [5.74, 6) is 2.51. The predicted octanol–water partition coefficient (Wildman–Crippen LogP) is 2.69. The summed E-state index contributed by atoms with van der Waals surface area (Å²) in [5, 5.41) is 8.55. The molecule has 0 spiro atoms. The molecule has 1 aliphatic rings. The third-order valence-electron chi connectivity index (χ3n) is 6.20. The first kappa shape index (κ1) is 20.7. The first-order valence-electron chi connectivity index (χ1n) is 11.5. The average molecular weight is 456 g/mol. The molecule has 5 aromatic heterocycles. The summed E-state index contributed by atoms with van der Waals surface area (Å²) in [6, 6.07) is 8.07. The van der Waals surface area contributed by atoms with E-state index in [1.54, 1.807) is 0 Å². The van der Waals surface area contributed by atoms with Crippen molar-refractivity contribution in [1.82, 2.24) is 39.1 Å². The second-order valence-corrected chi connectivity index (χ2v) is 8.34. The van der Waals surface area contributed by atoms with Crippen LogP contribution in [0.4, 0.5) is 5.82 Å². The summed E-state index contributed by atoms with van der Waals surface area (Å²) in [6.45, 7) is 7.65. The Morgan fingerprint density at radius 3 is 2.74 bits per heavy atom. The van der Waals surface area contributed by atoms with Crippen molar-refractivity contribution >= 4 is 22.5 Å². The van der Waals surface area contributed by atoms with Crippen molar-refractivity contribution in [3.05, 3.63) is 60.1 Å². The Labute approximate surface area is 196 Å². The number of imidazole rings is 1. The van der Waals surface area contributed by atoms with Crippen LogP contribution < -0.4 is 4.90 Å². The molecule has 10 nitrogen and oxygen atoms in total. The normalized spacial score (nSPS) is 14.4. The molecule has 34 heavy (non-hydrogen) atoms. The molecule has 0 N–H and O–H groups in total. The van der Waals surface area contributed by atoms with Gasteiger partial charge in [0.15, 0.2) is 11.5 Å². The number of ether oxygens (including phenoxy) is 1. The van der Waals surface area contributed by atoms with E-state index in [9.17, 15) is 0 Å². The van der Waals surface area contributed by atoms with Crippen LogP contribution >= 0.6 is 0 Å². The minimum absolute atomic E-state index is 0.571. The van der Waals surface area contributed by atoms with Crippen LogP contribution in [-0.4, -0.2) is 65.4 Å². The lowest BCUT2D eigenvalue weighted by atomic mass is 10.3. The number of morpholine rings is 1. The molecule has 0 radical (unpaired) electrons. The zero-order valence-corrected chi connectivity index (χ0v) is 19.2. The topological polar surface area (TPSA) is 99.2 Å². The number of aryl methyl sites for hydroxylation is 2. The van der Waals surface area contributed by atoms with Crippen molar-refractivity contribution < 1.29 is 4.74 Å². The highest BCUT2D eigenvalue weighted by Gasteiger charge is 2.20. The van der Waals surface area contributed by atoms with E-state index in [1.165, 1.54) is 0 Å². The van der Waals surface area contributed by atoms with Gasteiger partial charge in [0.25, 0.3) is 0 Å². The fourth-order valence-corrected chi connectivity index (χ4v) is 4.40. The van der Waals surface area contributed by atoms with E-state index in [4.69, 9.17) is 19.7 Å². The molecule has 6 rings (SSSR count). The lowest BCUT2D eigenvalue weighted by molar-refractivity contribution is 0.122. The molecule has 0 unspecified atom stereocenters. The summed E-state index contributed by atoms with van der Waals surface area (Å²) in [4.78, 5) is 21.4. The third-order valence-corrected chi connectivity index (χ3v) is 6.20. The summed E-state index contributed by atoms with van der Waals surface area (Å²) in [5.41, 5.74) is 5.22. The first-order chi connectivity index (χ1) is 16.7. The highest BCUT2D eigenvalue weighted by molar-refractivity contribution is 5.82. The first-order valence-corrected chi connectivity index (χ1v) is 11.5. The van der Waals surface area contributed by atoms with Gasteiger partial charge in [0.05, 0.1) is 42.9 Å². The monoisotopic (exact) mass is 455 g/mol. The van der Waals surface area contributed by atoms with Crippen LogP contribution in [0.5, 0.6) is 0 Å². The highest BCUT2D eigenvalue weighted by Crippen LogP contribution is 2.28. The van der Waals surface area contributed by atoms with Crippen molar-refractivity contribution in [1.29, 1.82) is 0 Å². The quantitative estimate of drug-likeness (QED) is 0.399. The maximum atomic E-state index is 5.52. The Kier molecular flexibility index (Phi) is 5.14. The molecule has 5 aromatic rings. The molecule has 10 heteroatoms. The number of pyridine rings is 2. The standard InChI is InChI=1S/C24H25N9O/c1-3-18-24-30-29-16(2)32(24)15-20(27-18)23-28-19-13-26-22(31-8-10-34-11-9-31)12-21(19)33(23)14-17-6-4-5-7-25-17/h4-7,12-13,15H,3,8-11,14H2,1-2H3. The lowest BCUT2D eigenvalue weighted by Gasteiger charge is -2.27. The highest BCUT2D eigenvalue weighted by atomic mass is 16.5. The van der Waals surface area contributed by atoms with Gasteiger partial charge in [0.2, 0.25) is 0 Å². The van der Waals surface area contributed by atoms with Crippen LogP contribution in [0.15, 0.2) is 42.9 Å². The number of hydrogen-bond acceptors (Lipinski definition) is 8. The summed E-state index contributed by atoms with van der Waals surface area (Å²) >= 11 is 0. The second kappa shape index (κ2) is 8.45. The maximum absolute atomic E-state index is 5.52. The van der Waals surface area contributed by atoms with Crippen LogP contribution in [0.25, 0.3) is 28.2 Å². The van der Waals surface area contributed by atoms with E-state index in [-0.39, 0.29) is 0 Å². The number of nitrogens with zero attached hydrogens (tertiary/aromatic N) is 9. The molecule has 172 valence electrons. The van der Waals surface area contributed by atoms with Gasteiger partial charge in [-0.1, -0.05) is 13.0 Å². The van der Waals surface area contributed by atoms with Gasteiger partial charge in [-0.05, 0) is 25.5 Å². The molecular formula is C24H25N9O. The number of fused-ring (bicyclic) bond motifs is 2. The molecule has 0 saturated carbocycles. The van der Waals surface area contributed by atoms with Gasteiger partial charge in [0, 0.05) is 31.5 Å². The molecule has 0 atom stereocenters. The van der Waals surface area contributed by atoms with Gasteiger partial charge < -0.3 is 14.2 Å². The second-order valence-electron chi connectivity index (χ2n) is 8.34. The zero-order valence-electron chi connectivity index (χ0n) is 19.2. The van der Waals surface area contributed by atoms with Crippen LogP contribution in [0, 0.1) is 6.92 Å². The fraction of sp³-hybridized carbons (Fsp3) is 0.333. The van der Waals surface area contributed by atoms with Gasteiger partial charge in [-0.15, -0.1) is 10.2 Å². The number of rotatable bonds is 5. The summed E-state index contributed by atoms with van der Waals surface area (Å²) in [6.07, 6.45) is 6.38. The van der Waals surface area contributed by atoms with Crippen LogP contribution in [0.1, 0.15) is 24.1 Å². The van der Waals surface area contributed by atoms with E-state index in [2.05, 4.69) is 37.6 Å². The predicted molar refractivity (Wildman–Crippen MR) is 128 cm³/mol. The molecule has 1 saturated heterocycles. The molecule has 0 aromatic carbocycles. The largest absolute Gasteiger partial charge is 0.378 e. The number of hydrogen-bond donors (Lipinski definition) is 0.